The molecule has 1 atom stereocenters. The summed E-state index contributed by atoms with van der Waals surface area (Å²) >= 11 is 0. The molecule has 0 aliphatic rings. The molecular weight excluding hydrogens is 198 g/mol. The summed E-state index contributed by atoms with van der Waals surface area (Å²) in [6.45, 7) is 5.65. The third kappa shape index (κ3) is 4.33. The Bertz CT molecular complexity index is 282. The zero-order valence-electron chi connectivity index (χ0n) is 10.4. The number of unbranched alkanes of at least 4 members (excludes halogenated alkanes) is 2. The molecule has 90 valence electrons. The van der Waals surface area contributed by atoms with Crippen LogP contribution >= 0.6 is 0 Å². The molecule has 0 aliphatic carbocycles. The van der Waals surface area contributed by atoms with Gasteiger partial charge in [0.25, 0.3) is 0 Å². The molecular formula is C14H23NO. The predicted molar refractivity (Wildman–Crippen MR) is 68.4 cm³/mol. The van der Waals surface area contributed by atoms with Gasteiger partial charge in [-0.15, -0.1) is 0 Å². The van der Waals surface area contributed by atoms with Crippen molar-refractivity contribution in [1.82, 2.24) is 5.32 Å². The molecule has 0 radical (unpaired) electrons. The van der Waals surface area contributed by atoms with E-state index in [-0.39, 0.29) is 0 Å². The van der Waals surface area contributed by atoms with Crippen LogP contribution in [0.1, 0.15) is 38.7 Å². The highest BCUT2D eigenvalue weighted by Gasteiger charge is 2.21. The Hall–Kier alpha value is -0.860. The van der Waals surface area contributed by atoms with E-state index in [9.17, 15) is 5.11 Å². The number of rotatable bonds is 7. The van der Waals surface area contributed by atoms with E-state index in [1.54, 1.807) is 0 Å². The lowest BCUT2D eigenvalue weighted by Crippen LogP contribution is -2.35. The van der Waals surface area contributed by atoms with Gasteiger partial charge in [-0.3, -0.25) is 0 Å². The zero-order chi connectivity index (χ0) is 11.9. The third-order valence-corrected chi connectivity index (χ3v) is 2.82. The fraction of sp³-hybridized carbons (Fsp3) is 0.571. The molecule has 2 N–H and O–H groups in total. The van der Waals surface area contributed by atoms with Gasteiger partial charge in [-0.1, -0.05) is 50.1 Å². The molecule has 0 fully saturated rings. The smallest absolute Gasteiger partial charge is 0.0992 e. The highest BCUT2D eigenvalue weighted by molar-refractivity contribution is 5.21. The van der Waals surface area contributed by atoms with Crippen molar-refractivity contribution in [3.63, 3.8) is 0 Å². The molecule has 1 unspecified atom stereocenters. The first kappa shape index (κ1) is 13.2. The van der Waals surface area contributed by atoms with E-state index in [1.807, 2.05) is 37.3 Å². The molecule has 0 aromatic heterocycles. The van der Waals surface area contributed by atoms with Gasteiger partial charge in [0.1, 0.15) is 0 Å². The average Bonchev–Trinajstić information content (AvgIpc) is 2.30. The number of hydrogen-bond donors (Lipinski definition) is 2. The fourth-order valence-corrected chi connectivity index (χ4v) is 1.73. The van der Waals surface area contributed by atoms with Crippen molar-refractivity contribution < 1.29 is 5.11 Å². The molecule has 1 aromatic carbocycles. The largest absolute Gasteiger partial charge is 0.384 e. The fourth-order valence-electron chi connectivity index (χ4n) is 1.73. The Balaban J connectivity index is 2.35. The minimum Gasteiger partial charge on any atom is -0.384 e. The molecule has 2 heteroatoms. The van der Waals surface area contributed by atoms with Gasteiger partial charge in [-0.2, -0.15) is 0 Å². The number of benzene rings is 1. The summed E-state index contributed by atoms with van der Waals surface area (Å²) in [5.74, 6) is 0. The maximum absolute atomic E-state index is 10.3. The molecule has 0 heterocycles. The van der Waals surface area contributed by atoms with Gasteiger partial charge in [0.05, 0.1) is 5.60 Å². The molecule has 0 spiro atoms. The molecule has 0 bridgehead atoms. The van der Waals surface area contributed by atoms with Gasteiger partial charge >= 0.3 is 0 Å². The Kier molecular flexibility index (Phi) is 5.50. The van der Waals surface area contributed by atoms with Crippen LogP contribution in [0, 0.1) is 0 Å². The summed E-state index contributed by atoms with van der Waals surface area (Å²) in [5, 5.41) is 13.6. The molecule has 0 amide bonds. The molecule has 1 rings (SSSR count). The van der Waals surface area contributed by atoms with E-state index < -0.39 is 5.60 Å². The zero-order valence-corrected chi connectivity index (χ0v) is 10.4. The molecule has 0 aliphatic heterocycles. The topological polar surface area (TPSA) is 32.3 Å². The number of nitrogens with one attached hydrogen (secondary N) is 1. The average molecular weight is 221 g/mol. The van der Waals surface area contributed by atoms with E-state index in [2.05, 4.69) is 12.2 Å². The number of aliphatic hydroxyl groups is 1. The van der Waals surface area contributed by atoms with Crippen LogP contribution in [0.15, 0.2) is 30.3 Å². The standard InChI is InChI=1S/C14H23NO/c1-3-4-8-11-15-12-14(2,16)13-9-6-5-7-10-13/h5-7,9-10,15-16H,3-4,8,11-12H2,1-2H3. The van der Waals surface area contributed by atoms with Gasteiger partial charge in [-0.05, 0) is 25.5 Å². The third-order valence-electron chi connectivity index (χ3n) is 2.82. The van der Waals surface area contributed by atoms with Crippen molar-refractivity contribution in [3.05, 3.63) is 35.9 Å². The maximum Gasteiger partial charge on any atom is 0.0992 e. The van der Waals surface area contributed by atoms with Crippen LogP contribution in [0.2, 0.25) is 0 Å². The lowest BCUT2D eigenvalue weighted by molar-refractivity contribution is 0.0571. The monoisotopic (exact) mass is 221 g/mol. The van der Waals surface area contributed by atoms with Gasteiger partial charge in [-0.25, -0.2) is 0 Å². The second-order valence-electron chi connectivity index (χ2n) is 4.52. The molecule has 16 heavy (non-hydrogen) atoms. The van der Waals surface area contributed by atoms with Crippen molar-refractivity contribution in [3.8, 4) is 0 Å². The Morgan fingerprint density at radius 3 is 2.50 bits per heavy atom. The summed E-state index contributed by atoms with van der Waals surface area (Å²) in [6, 6.07) is 9.82. The highest BCUT2D eigenvalue weighted by atomic mass is 16.3. The van der Waals surface area contributed by atoms with E-state index >= 15 is 0 Å². The first-order valence-corrected chi connectivity index (χ1v) is 6.15. The quantitative estimate of drug-likeness (QED) is 0.694. The van der Waals surface area contributed by atoms with E-state index in [0.29, 0.717) is 6.54 Å². The van der Waals surface area contributed by atoms with Crippen LogP contribution < -0.4 is 5.32 Å². The molecule has 2 nitrogen and oxygen atoms in total. The molecule has 1 aromatic rings. The van der Waals surface area contributed by atoms with Crippen molar-refractivity contribution in [2.45, 2.75) is 38.7 Å². The predicted octanol–water partition coefficient (Wildman–Crippen LogP) is 2.67. The van der Waals surface area contributed by atoms with E-state index in [0.717, 1.165) is 12.1 Å². The van der Waals surface area contributed by atoms with Gasteiger partial charge in [0.2, 0.25) is 0 Å². The normalized spacial score (nSPS) is 14.7. The molecule has 0 saturated carbocycles. The van der Waals surface area contributed by atoms with Crippen LogP contribution in [0.3, 0.4) is 0 Å². The second-order valence-corrected chi connectivity index (χ2v) is 4.52. The van der Waals surface area contributed by atoms with E-state index in [4.69, 9.17) is 0 Å². The SMILES string of the molecule is CCCCCNCC(C)(O)c1ccccc1. The van der Waals surface area contributed by atoms with Crippen LogP contribution in [0.25, 0.3) is 0 Å². The van der Waals surface area contributed by atoms with Crippen LogP contribution in [0.5, 0.6) is 0 Å². The first-order chi connectivity index (χ1) is 7.67. The van der Waals surface area contributed by atoms with Gasteiger partial charge in [0.15, 0.2) is 0 Å². The lowest BCUT2D eigenvalue weighted by atomic mass is 9.96. The summed E-state index contributed by atoms with van der Waals surface area (Å²) in [4.78, 5) is 0. The highest BCUT2D eigenvalue weighted by Crippen LogP contribution is 2.18. The van der Waals surface area contributed by atoms with Crippen molar-refractivity contribution in [1.29, 1.82) is 0 Å². The van der Waals surface area contributed by atoms with Crippen LogP contribution in [-0.4, -0.2) is 18.2 Å². The minimum absolute atomic E-state index is 0.612. The molecule has 0 saturated heterocycles. The Labute approximate surface area is 98.7 Å². The summed E-state index contributed by atoms with van der Waals surface area (Å²) < 4.78 is 0. The first-order valence-electron chi connectivity index (χ1n) is 6.15. The number of hydrogen-bond acceptors (Lipinski definition) is 2. The van der Waals surface area contributed by atoms with Crippen molar-refractivity contribution >= 4 is 0 Å². The van der Waals surface area contributed by atoms with Crippen molar-refractivity contribution in [2.75, 3.05) is 13.1 Å². The van der Waals surface area contributed by atoms with Crippen LogP contribution in [0.4, 0.5) is 0 Å². The summed E-state index contributed by atoms with van der Waals surface area (Å²) in [6.07, 6.45) is 3.67. The summed E-state index contributed by atoms with van der Waals surface area (Å²) in [7, 11) is 0. The minimum atomic E-state index is -0.770. The Morgan fingerprint density at radius 2 is 1.88 bits per heavy atom. The second kappa shape index (κ2) is 6.66. The van der Waals surface area contributed by atoms with Crippen LogP contribution in [-0.2, 0) is 5.60 Å². The lowest BCUT2D eigenvalue weighted by Gasteiger charge is -2.24. The summed E-state index contributed by atoms with van der Waals surface area (Å²) in [5.41, 5.74) is 0.200. The van der Waals surface area contributed by atoms with Crippen molar-refractivity contribution in [2.24, 2.45) is 0 Å². The van der Waals surface area contributed by atoms with E-state index in [1.165, 1.54) is 19.3 Å². The van der Waals surface area contributed by atoms with Gasteiger partial charge < -0.3 is 10.4 Å². The Morgan fingerprint density at radius 1 is 1.19 bits per heavy atom. The van der Waals surface area contributed by atoms with Gasteiger partial charge in [0, 0.05) is 6.54 Å². The maximum atomic E-state index is 10.3.